The summed E-state index contributed by atoms with van der Waals surface area (Å²) in [5, 5.41) is 3.83. The Balaban J connectivity index is 1.69. The maximum Gasteiger partial charge on any atom is 0.319 e. The van der Waals surface area contributed by atoms with Crippen molar-refractivity contribution >= 4 is 6.03 Å². The van der Waals surface area contributed by atoms with Gasteiger partial charge in [0.05, 0.1) is 12.1 Å². The smallest absolute Gasteiger partial charge is 0.319 e. The Morgan fingerprint density at radius 3 is 2.35 bits per heavy atom. The molecule has 168 valence electrons. The molecule has 1 fully saturated rings. The zero-order valence-electron chi connectivity index (χ0n) is 19.3. The zero-order valence-corrected chi connectivity index (χ0v) is 19.3. The van der Waals surface area contributed by atoms with Crippen molar-refractivity contribution in [2.45, 2.75) is 58.7 Å². The van der Waals surface area contributed by atoms with Crippen molar-refractivity contribution in [2.75, 3.05) is 26.2 Å². The summed E-state index contributed by atoms with van der Waals surface area (Å²) in [6, 6.07) is 13.0. The van der Waals surface area contributed by atoms with Gasteiger partial charge in [-0.05, 0) is 69.9 Å². The van der Waals surface area contributed by atoms with Gasteiger partial charge in [-0.3, -0.25) is 4.98 Å². The number of pyridine rings is 1. The molecule has 2 heterocycles. The number of aromatic nitrogens is 1. The van der Waals surface area contributed by atoms with E-state index in [1.807, 2.05) is 61.9 Å². The van der Waals surface area contributed by atoms with E-state index in [0.717, 1.165) is 50.3 Å². The van der Waals surface area contributed by atoms with E-state index in [-0.39, 0.29) is 18.2 Å². The van der Waals surface area contributed by atoms with Gasteiger partial charge in [-0.15, -0.1) is 0 Å². The lowest BCUT2D eigenvalue weighted by Gasteiger charge is -2.37. The van der Waals surface area contributed by atoms with Crippen molar-refractivity contribution in [3.05, 3.63) is 59.9 Å². The van der Waals surface area contributed by atoms with Gasteiger partial charge in [-0.1, -0.05) is 18.2 Å². The molecule has 6 nitrogen and oxygen atoms in total. The number of piperidine rings is 1. The monoisotopic (exact) mass is 424 g/mol. The first-order valence-electron chi connectivity index (χ1n) is 11.5. The van der Waals surface area contributed by atoms with Crippen LogP contribution in [0.5, 0.6) is 5.75 Å². The van der Waals surface area contributed by atoms with Gasteiger partial charge in [0.25, 0.3) is 0 Å². The van der Waals surface area contributed by atoms with Crippen LogP contribution in [0.2, 0.25) is 0 Å². The Bertz CT molecular complexity index is 798. The van der Waals surface area contributed by atoms with Gasteiger partial charge < -0.3 is 19.9 Å². The molecule has 1 aliphatic heterocycles. The molecule has 3 rings (SSSR count). The van der Waals surface area contributed by atoms with E-state index in [1.54, 1.807) is 6.20 Å². The molecule has 1 saturated heterocycles. The second kappa shape index (κ2) is 11.1. The molecular weight excluding hydrogens is 388 g/mol. The molecule has 1 aromatic carbocycles. The third kappa shape index (κ3) is 6.20. The number of ether oxygens (including phenoxy) is 1. The SMILES string of the molecule is CCN(CC)C(=O)N1CCC(NC(c2ccc(OC(C)C)cc2)c2cccnc2)CC1. The van der Waals surface area contributed by atoms with Gasteiger partial charge in [-0.25, -0.2) is 4.79 Å². The molecule has 31 heavy (non-hydrogen) atoms. The van der Waals surface area contributed by atoms with Crippen molar-refractivity contribution in [3.63, 3.8) is 0 Å². The Hall–Kier alpha value is -2.60. The molecule has 0 saturated carbocycles. The zero-order chi connectivity index (χ0) is 22.2. The summed E-state index contributed by atoms with van der Waals surface area (Å²) in [7, 11) is 0. The van der Waals surface area contributed by atoms with Crippen molar-refractivity contribution in [1.82, 2.24) is 20.1 Å². The summed E-state index contributed by atoms with van der Waals surface area (Å²) < 4.78 is 5.80. The van der Waals surface area contributed by atoms with E-state index >= 15 is 0 Å². The average Bonchev–Trinajstić information content (AvgIpc) is 2.79. The predicted molar refractivity (Wildman–Crippen MR) is 124 cm³/mol. The molecular formula is C25H36N4O2. The van der Waals surface area contributed by atoms with E-state index in [4.69, 9.17) is 4.74 Å². The second-order valence-corrected chi connectivity index (χ2v) is 8.34. The van der Waals surface area contributed by atoms with Gasteiger partial charge in [-0.2, -0.15) is 0 Å². The molecule has 0 bridgehead atoms. The highest BCUT2D eigenvalue weighted by Crippen LogP contribution is 2.26. The molecule has 2 amide bonds. The third-order valence-corrected chi connectivity index (χ3v) is 5.80. The first-order valence-corrected chi connectivity index (χ1v) is 11.5. The number of likely N-dealkylation sites (tertiary alicyclic amines) is 1. The average molecular weight is 425 g/mol. The molecule has 1 aromatic heterocycles. The molecule has 0 radical (unpaired) electrons. The van der Waals surface area contributed by atoms with E-state index in [1.165, 1.54) is 5.56 Å². The van der Waals surface area contributed by atoms with E-state index in [9.17, 15) is 4.79 Å². The van der Waals surface area contributed by atoms with Crippen LogP contribution in [0.15, 0.2) is 48.8 Å². The number of carbonyl (C=O) groups excluding carboxylic acids is 1. The van der Waals surface area contributed by atoms with Gasteiger partial charge in [0.2, 0.25) is 0 Å². The highest BCUT2D eigenvalue weighted by molar-refractivity contribution is 5.74. The summed E-state index contributed by atoms with van der Waals surface area (Å²) >= 11 is 0. The number of carbonyl (C=O) groups is 1. The molecule has 1 aliphatic rings. The van der Waals surface area contributed by atoms with Crippen molar-refractivity contribution in [2.24, 2.45) is 0 Å². The van der Waals surface area contributed by atoms with Crippen LogP contribution in [0.4, 0.5) is 4.79 Å². The Morgan fingerprint density at radius 1 is 1.13 bits per heavy atom. The molecule has 0 spiro atoms. The number of nitrogens with zero attached hydrogens (tertiary/aromatic N) is 3. The first kappa shape index (κ1) is 23.1. The number of benzene rings is 1. The fraction of sp³-hybridized carbons (Fsp3) is 0.520. The molecule has 2 aromatic rings. The standard InChI is InChI=1S/C25H36N4O2/c1-5-28(6-2)25(30)29-16-13-22(14-17-29)27-24(21-8-7-15-26-18-21)20-9-11-23(12-10-20)31-19(3)4/h7-12,15,18-19,22,24,27H,5-6,13-14,16-17H2,1-4H3. The maximum absolute atomic E-state index is 12.7. The number of amides is 2. The predicted octanol–water partition coefficient (Wildman–Crippen LogP) is 4.47. The maximum atomic E-state index is 12.7. The number of urea groups is 1. The largest absolute Gasteiger partial charge is 0.491 e. The summed E-state index contributed by atoms with van der Waals surface area (Å²) in [5.41, 5.74) is 2.33. The van der Waals surface area contributed by atoms with Crippen LogP contribution in [0, 0.1) is 0 Å². The van der Waals surface area contributed by atoms with Crippen molar-refractivity contribution in [1.29, 1.82) is 0 Å². The Labute approximate surface area is 186 Å². The summed E-state index contributed by atoms with van der Waals surface area (Å²) in [4.78, 5) is 20.9. The summed E-state index contributed by atoms with van der Waals surface area (Å²) in [6.07, 6.45) is 5.77. The number of hydrogen-bond donors (Lipinski definition) is 1. The van der Waals surface area contributed by atoms with E-state index < -0.39 is 0 Å². The van der Waals surface area contributed by atoms with E-state index in [0.29, 0.717) is 6.04 Å². The normalized spacial score (nSPS) is 15.7. The topological polar surface area (TPSA) is 57.7 Å². The minimum absolute atomic E-state index is 0.0526. The Morgan fingerprint density at radius 2 is 1.81 bits per heavy atom. The van der Waals surface area contributed by atoms with Crippen LogP contribution in [-0.4, -0.2) is 59.1 Å². The molecule has 1 atom stereocenters. The van der Waals surface area contributed by atoms with Gasteiger partial charge in [0, 0.05) is 44.6 Å². The van der Waals surface area contributed by atoms with Crippen LogP contribution in [0.1, 0.15) is 57.7 Å². The lowest BCUT2D eigenvalue weighted by Crippen LogP contribution is -2.50. The van der Waals surface area contributed by atoms with Crippen molar-refractivity contribution in [3.8, 4) is 5.75 Å². The quantitative estimate of drug-likeness (QED) is 0.679. The first-order chi connectivity index (χ1) is 15.0. The van der Waals surface area contributed by atoms with Gasteiger partial charge in [0.1, 0.15) is 5.75 Å². The van der Waals surface area contributed by atoms with Crippen molar-refractivity contribution < 1.29 is 9.53 Å². The van der Waals surface area contributed by atoms with E-state index in [2.05, 4.69) is 28.5 Å². The number of rotatable bonds is 8. The second-order valence-electron chi connectivity index (χ2n) is 8.34. The molecule has 6 heteroatoms. The molecule has 1 N–H and O–H groups in total. The number of nitrogens with one attached hydrogen (secondary N) is 1. The highest BCUT2D eigenvalue weighted by Gasteiger charge is 2.27. The van der Waals surface area contributed by atoms with Crippen LogP contribution >= 0.6 is 0 Å². The summed E-state index contributed by atoms with van der Waals surface area (Å²) in [5.74, 6) is 0.881. The van der Waals surface area contributed by atoms with Crippen LogP contribution < -0.4 is 10.1 Å². The van der Waals surface area contributed by atoms with Gasteiger partial charge >= 0.3 is 6.03 Å². The van der Waals surface area contributed by atoms with Gasteiger partial charge in [0.15, 0.2) is 0 Å². The molecule has 1 unspecified atom stereocenters. The highest BCUT2D eigenvalue weighted by atomic mass is 16.5. The minimum atomic E-state index is 0.0526. The summed E-state index contributed by atoms with van der Waals surface area (Å²) in [6.45, 7) is 11.2. The third-order valence-electron chi connectivity index (χ3n) is 5.80. The lowest BCUT2D eigenvalue weighted by atomic mass is 9.96. The fourth-order valence-corrected chi connectivity index (χ4v) is 4.11. The molecule has 0 aliphatic carbocycles. The van der Waals surface area contributed by atoms with Crippen LogP contribution in [0.25, 0.3) is 0 Å². The van der Waals surface area contributed by atoms with Crippen LogP contribution in [0.3, 0.4) is 0 Å². The lowest BCUT2D eigenvalue weighted by molar-refractivity contribution is 0.139. The number of hydrogen-bond acceptors (Lipinski definition) is 4. The minimum Gasteiger partial charge on any atom is -0.491 e. The van der Waals surface area contributed by atoms with Crippen LogP contribution in [-0.2, 0) is 0 Å². The fourth-order valence-electron chi connectivity index (χ4n) is 4.11. The Kier molecular flexibility index (Phi) is 8.29.